The zero-order valence-corrected chi connectivity index (χ0v) is 8.26. The average molecular weight is 169 g/mol. The van der Waals surface area contributed by atoms with Gasteiger partial charge in [0.1, 0.15) is 0 Å². The molecule has 0 aliphatic carbocycles. The van der Waals surface area contributed by atoms with Crippen molar-refractivity contribution in [2.45, 2.75) is 38.8 Å². The Kier molecular flexibility index (Phi) is 3.76. The van der Waals surface area contributed by atoms with Crippen LogP contribution < -0.4 is 5.32 Å². The lowest BCUT2D eigenvalue weighted by Gasteiger charge is -2.12. The third-order valence-electron chi connectivity index (χ3n) is 2.53. The second-order valence-electron chi connectivity index (χ2n) is 3.47. The summed E-state index contributed by atoms with van der Waals surface area (Å²) in [4.78, 5) is 0. The topological polar surface area (TPSA) is 21.3 Å². The van der Waals surface area contributed by atoms with Crippen LogP contribution in [0.2, 0.25) is 0 Å². The Hall–Kier alpha value is -0.340. The van der Waals surface area contributed by atoms with Crippen LogP contribution in [0.5, 0.6) is 0 Å². The molecule has 0 radical (unpaired) electrons. The van der Waals surface area contributed by atoms with Crippen LogP contribution in [0.1, 0.15) is 26.7 Å². The lowest BCUT2D eigenvalue weighted by Crippen LogP contribution is -2.23. The number of ether oxygens (including phenoxy) is 1. The molecule has 1 rings (SSSR count). The van der Waals surface area contributed by atoms with Crippen LogP contribution in [0.25, 0.3) is 0 Å². The van der Waals surface area contributed by atoms with Crippen molar-refractivity contribution in [3.05, 3.63) is 11.6 Å². The maximum Gasteiger partial charge on any atom is 0.0759 e. The molecule has 0 aromatic rings. The van der Waals surface area contributed by atoms with Gasteiger partial charge in [-0.15, -0.1) is 0 Å². The molecule has 0 aromatic heterocycles. The van der Waals surface area contributed by atoms with Crippen LogP contribution in [0.3, 0.4) is 0 Å². The molecule has 2 heteroatoms. The van der Waals surface area contributed by atoms with E-state index in [2.05, 4.69) is 25.2 Å². The Balaban J connectivity index is 2.42. The Morgan fingerprint density at radius 2 is 2.42 bits per heavy atom. The van der Waals surface area contributed by atoms with Crippen LogP contribution in [0.4, 0.5) is 0 Å². The summed E-state index contributed by atoms with van der Waals surface area (Å²) in [6.45, 7) is 5.26. The first-order valence-electron chi connectivity index (χ1n) is 4.71. The summed E-state index contributed by atoms with van der Waals surface area (Å²) in [7, 11) is 1.98. The zero-order chi connectivity index (χ0) is 8.97. The quantitative estimate of drug-likeness (QED) is 0.649. The third kappa shape index (κ3) is 2.61. The summed E-state index contributed by atoms with van der Waals surface area (Å²) < 4.78 is 5.51. The van der Waals surface area contributed by atoms with Crippen molar-refractivity contribution >= 4 is 0 Å². The number of likely N-dealkylation sites (N-methyl/N-ethyl adjacent to an activating group) is 1. The normalized spacial score (nSPS) is 27.6. The maximum absolute atomic E-state index is 5.51. The summed E-state index contributed by atoms with van der Waals surface area (Å²) in [6.07, 6.45) is 5.02. The van der Waals surface area contributed by atoms with Crippen LogP contribution in [0, 0.1) is 0 Å². The number of rotatable bonds is 3. The zero-order valence-electron chi connectivity index (χ0n) is 8.26. The van der Waals surface area contributed by atoms with E-state index in [9.17, 15) is 0 Å². The average Bonchev–Trinajstić information content (AvgIpc) is 2.55. The molecule has 1 N–H and O–H groups in total. The van der Waals surface area contributed by atoms with Crippen molar-refractivity contribution in [1.29, 1.82) is 0 Å². The van der Waals surface area contributed by atoms with E-state index >= 15 is 0 Å². The SMILES string of the molecule is CNC(C)/C(C)=C/C1CCCO1. The molecule has 2 atom stereocenters. The Labute approximate surface area is 75.0 Å². The molecule has 0 amide bonds. The van der Waals surface area contributed by atoms with Crippen molar-refractivity contribution in [3.63, 3.8) is 0 Å². The minimum Gasteiger partial charge on any atom is -0.374 e. The van der Waals surface area contributed by atoms with Gasteiger partial charge in [-0.1, -0.05) is 11.6 Å². The standard InChI is InChI=1S/C10H19NO/c1-8(9(2)11-3)7-10-5-4-6-12-10/h7,9-11H,4-6H2,1-3H3/b8-7+. The highest BCUT2D eigenvalue weighted by molar-refractivity contribution is 5.09. The monoisotopic (exact) mass is 169 g/mol. The Bertz CT molecular complexity index is 159. The highest BCUT2D eigenvalue weighted by atomic mass is 16.5. The molecular weight excluding hydrogens is 150 g/mol. The molecule has 0 bridgehead atoms. The first-order chi connectivity index (χ1) is 5.74. The van der Waals surface area contributed by atoms with Gasteiger partial charge in [0.15, 0.2) is 0 Å². The van der Waals surface area contributed by atoms with Crippen molar-refractivity contribution in [3.8, 4) is 0 Å². The van der Waals surface area contributed by atoms with Gasteiger partial charge in [-0.2, -0.15) is 0 Å². The summed E-state index contributed by atoms with van der Waals surface area (Å²) in [5.74, 6) is 0. The van der Waals surface area contributed by atoms with Gasteiger partial charge in [-0.05, 0) is 33.7 Å². The molecule has 1 fully saturated rings. The van der Waals surface area contributed by atoms with E-state index in [0.29, 0.717) is 12.1 Å². The van der Waals surface area contributed by atoms with Gasteiger partial charge in [0.25, 0.3) is 0 Å². The fourth-order valence-corrected chi connectivity index (χ4v) is 1.40. The van der Waals surface area contributed by atoms with Crippen LogP contribution >= 0.6 is 0 Å². The summed E-state index contributed by atoms with van der Waals surface area (Å²) in [5, 5.41) is 3.21. The molecule has 2 unspecified atom stereocenters. The smallest absolute Gasteiger partial charge is 0.0759 e. The molecule has 1 saturated heterocycles. The van der Waals surface area contributed by atoms with Gasteiger partial charge in [0, 0.05) is 12.6 Å². The predicted molar refractivity (Wildman–Crippen MR) is 51.3 cm³/mol. The summed E-state index contributed by atoms with van der Waals surface area (Å²) in [6, 6.07) is 0.467. The molecule has 0 saturated carbocycles. The minimum atomic E-state index is 0.376. The Morgan fingerprint density at radius 3 is 2.92 bits per heavy atom. The first-order valence-corrected chi connectivity index (χ1v) is 4.71. The van der Waals surface area contributed by atoms with E-state index in [0.717, 1.165) is 6.61 Å². The second-order valence-corrected chi connectivity index (χ2v) is 3.47. The maximum atomic E-state index is 5.51. The molecule has 12 heavy (non-hydrogen) atoms. The lowest BCUT2D eigenvalue weighted by atomic mass is 10.1. The van der Waals surface area contributed by atoms with Gasteiger partial charge in [0.05, 0.1) is 6.10 Å². The van der Waals surface area contributed by atoms with E-state index in [1.54, 1.807) is 0 Å². The number of hydrogen-bond acceptors (Lipinski definition) is 2. The van der Waals surface area contributed by atoms with E-state index in [1.807, 2.05) is 7.05 Å². The first kappa shape index (κ1) is 9.75. The van der Waals surface area contributed by atoms with Crippen molar-refractivity contribution in [1.82, 2.24) is 5.32 Å². The molecule has 0 aromatic carbocycles. The van der Waals surface area contributed by atoms with E-state index in [-0.39, 0.29) is 0 Å². The van der Waals surface area contributed by atoms with E-state index < -0.39 is 0 Å². The Morgan fingerprint density at radius 1 is 1.67 bits per heavy atom. The van der Waals surface area contributed by atoms with Gasteiger partial charge in [-0.25, -0.2) is 0 Å². The molecular formula is C10H19NO. The van der Waals surface area contributed by atoms with E-state index in [4.69, 9.17) is 4.74 Å². The van der Waals surface area contributed by atoms with Gasteiger partial charge >= 0.3 is 0 Å². The molecule has 1 heterocycles. The van der Waals surface area contributed by atoms with Gasteiger partial charge in [-0.3, -0.25) is 0 Å². The lowest BCUT2D eigenvalue weighted by molar-refractivity contribution is 0.144. The van der Waals surface area contributed by atoms with Crippen molar-refractivity contribution < 1.29 is 4.74 Å². The van der Waals surface area contributed by atoms with Gasteiger partial charge < -0.3 is 10.1 Å². The van der Waals surface area contributed by atoms with Crippen molar-refractivity contribution in [2.24, 2.45) is 0 Å². The predicted octanol–water partition coefficient (Wildman–Crippen LogP) is 1.72. The van der Waals surface area contributed by atoms with Gasteiger partial charge in [0.2, 0.25) is 0 Å². The minimum absolute atomic E-state index is 0.376. The van der Waals surface area contributed by atoms with E-state index in [1.165, 1.54) is 18.4 Å². The molecule has 0 spiro atoms. The molecule has 1 aliphatic heterocycles. The molecule has 2 nitrogen and oxygen atoms in total. The fourth-order valence-electron chi connectivity index (χ4n) is 1.40. The largest absolute Gasteiger partial charge is 0.374 e. The molecule has 1 aliphatic rings. The summed E-state index contributed by atoms with van der Waals surface area (Å²) in [5.41, 5.74) is 1.38. The highest BCUT2D eigenvalue weighted by Gasteiger charge is 2.13. The van der Waals surface area contributed by atoms with Crippen LogP contribution in [-0.4, -0.2) is 25.8 Å². The fraction of sp³-hybridized carbons (Fsp3) is 0.800. The second kappa shape index (κ2) is 4.63. The van der Waals surface area contributed by atoms with Crippen LogP contribution in [0.15, 0.2) is 11.6 Å². The van der Waals surface area contributed by atoms with Crippen molar-refractivity contribution in [2.75, 3.05) is 13.7 Å². The van der Waals surface area contributed by atoms with Crippen LogP contribution in [-0.2, 0) is 4.74 Å². The highest BCUT2D eigenvalue weighted by Crippen LogP contribution is 2.15. The third-order valence-corrected chi connectivity index (χ3v) is 2.53. The molecule has 70 valence electrons. The summed E-state index contributed by atoms with van der Waals surface area (Å²) >= 11 is 0. The number of hydrogen-bond donors (Lipinski definition) is 1. The number of nitrogens with one attached hydrogen (secondary N) is 1.